The van der Waals surface area contributed by atoms with Crippen LogP contribution in [-0.4, -0.2) is 39.2 Å². The second-order valence-electron chi connectivity index (χ2n) is 5.72. The highest BCUT2D eigenvalue weighted by atomic mass is 35.5. The van der Waals surface area contributed by atoms with E-state index in [1.54, 1.807) is 29.3 Å². The maximum Gasteiger partial charge on any atom is 0.256 e. The zero-order chi connectivity index (χ0) is 16.4. The average Bonchev–Trinajstić information content (AvgIpc) is 3.07. The molecule has 0 radical (unpaired) electrons. The number of carbonyl (C=O) groups excluding carboxylic acids is 1. The van der Waals surface area contributed by atoms with Crippen molar-refractivity contribution in [3.63, 3.8) is 0 Å². The lowest BCUT2D eigenvalue weighted by Gasteiger charge is -2.32. The number of aliphatic hydroxyl groups excluding tert-OH is 1. The molecule has 0 bridgehead atoms. The molecule has 0 saturated carbocycles. The summed E-state index contributed by atoms with van der Waals surface area (Å²) in [5.41, 5.74) is 1.52. The molecule has 1 aliphatic heterocycles. The van der Waals surface area contributed by atoms with Gasteiger partial charge in [0.15, 0.2) is 6.10 Å². The second kappa shape index (κ2) is 6.91. The van der Waals surface area contributed by atoms with Crippen LogP contribution in [0.15, 0.2) is 30.5 Å². The first kappa shape index (κ1) is 16.3. The second-order valence-corrected chi connectivity index (χ2v) is 6.59. The van der Waals surface area contributed by atoms with Gasteiger partial charge in [-0.05, 0) is 42.7 Å². The van der Waals surface area contributed by atoms with Crippen molar-refractivity contribution in [1.82, 2.24) is 15.1 Å². The maximum absolute atomic E-state index is 12.5. The summed E-state index contributed by atoms with van der Waals surface area (Å²) in [5, 5.41) is 18.1. The molecule has 2 heterocycles. The zero-order valence-corrected chi connectivity index (χ0v) is 13.9. The average molecular weight is 354 g/mol. The Morgan fingerprint density at radius 3 is 2.48 bits per heavy atom. The molecule has 2 aromatic rings. The van der Waals surface area contributed by atoms with Gasteiger partial charge in [0.1, 0.15) is 0 Å². The molecule has 1 aromatic carbocycles. The number of hydrogen-bond donors (Lipinski definition) is 2. The minimum atomic E-state index is -1.24. The zero-order valence-electron chi connectivity index (χ0n) is 12.4. The van der Waals surface area contributed by atoms with Crippen LogP contribution >= 0.6 is 23.2 Å². The van der Waals surface area contributed by atoms with Crippen LogP contribution in [0.5, 0.6) is 0 Å². The molecular weight excluding hydrogens is 337 g/mol. The summed E-state index contributed by atoms with van der Waals surface area (Å²) < 4.78 is 0. The van der Waals surface area contributed by atoms with Crippen LogP contribution in [0.25, 0.3) is 0 Å². The Balaban J connectivity index is 1.64. The number of carbonyl (C=O) groups is 1. The number of nitrogens with zero attached hydrogens (tertiary/aromatic N) is 2. The number of halogens is 2. The van der Waals surface area contributed by atoms with Gasteiger partial charge >= 0.3 is 0 Å². The number of nitrogens with one attached hydrogen (secondary N) is 1. The number of aromatic nitrogens is 2. The summed E-state index contributed by atoms with van der Waals surface area (Å²) in [5.74, 6) is 0.0608. The lowest BCUT2D eigenvalue weighted by atomic mass is 9.93. The molecule has 1 aliphatic rings. The number of amides is 1. The largest absolute Gasteiger partial charge is 0.378 e. The van der Waals surface area contributed by atoms with Gasteiger partial charge in [-0.15, -0.1) is 0 Å². The number of hydrogen-bond acceptors (Lipinski definition) is 3. The van der Waals surface area contributed by atoms with E-state index in [1.807, 2.05) is 6.07 Å². The van der Waals surface area contributed by atoms with E-state index in [4.69, 9.17) is 23.2 Å². The number of piperidine rings is 1. The Bertz CT molecular complexity index is 662. The van der Waals surface area contributed by atoms with Crippen LogP contribution in [0.3, 0.4) is 0 Å². The first-order valence-electron chi connectivity index (χ1n) is 7.46. The number of aromatic amines is 1. The van der Waals surface area contributed by atoms with E-state index in [2.05, 4.69) is 10.2 Å². The smallest absolute Gasteiger partial charge is 0.256 e. The molecule has 1 amide bonds. The standard InChI is InChI=1S/C16H17Cl2N3O2/c17-12-7-11(8-13(18)9-12)15(22)16(23)21-5-2-10(3-6-21)14-1-4-19-20-14/h1,4,7-10,15,22H,2-3,5-6H2,(H,19,20). The van der Waals surface area contributed by atoms with Crippen LogP contribution in [0.1, 0.15) is 36.1 Å². The van der Waals surface area contributed by atoms with Crippen LogP contribution in [-0.2, 0) is 4.79 Å². The van der Waals surface area contributed by atoms with E-state index < -0.39 is 6.10 Å². The highest BCUT2D eigenvalue weighted by molar-refractivity contribution is 6.34. The molecule has 23 heavy (non-hydrogen) atoms. The Labute approximate surface area is 144 Å². The third kappa shape index (κ3) is 3.68. The van der Waals surface area contributed by atoms with Crippen molar-refractivity contribution in [2.75, 3.05) is 13.1 Å². The summed E-state index contributed by atoms with van der Waals surface area (Å²) in [6.45, 7) is 1.21. The molecule has 1 aromatic heterocycles. The molecule has 7 heteroatoms. The van der Waals surface area contributed by atoms with Gasteiger partial charge in [0.05, 0.1) is 0 Å². The van der Waals surface area contributed by atoms with Crippen LogP contribution in [0.4, 0.5) is 0 Å². The Hall–Kier alpha value is -1.56. The third-order valence-electron chi connectivity index (χ3n) is 4.20. The fraction of sp³-hybridized carbons (Fsp3) is 0.375. The van der Waals surface area contributed by atoms with Crippen molar-refractivity contribution in [3.05, 3.63) is 51.8 Å². The van der Waals surface area contributed by atoms with Crippen molar-refractivity contribution in [1.29, 1.82) is 0 Å². The molecule has 122 valence electrons. The van der Waals surface area contributed by atoms with Crippen molar-refractivity contribution >= 4 is 29.1 Å². The maximum atomic E-state index is 12.5. The number of likely N-dealkylation sites (tertiary alicyclic amines) is 1. The van der Waals surface area contributed by atoms with Gasteiger partial charge < -0.3 is 10.0 Å². The fourth-order valence-corrected chi connectivity index (χ4v) is 3.50. The molecule has 1 saturated heterocycles. The van der Waals surface area contributed by atoms with Crippen LogP contribution < -0.4 is 0 Å². The van der Waals surface area contributed by atoms with Gasteiger partial charge in [-0.3, -0.25) is 9.89 Å². The molecule has 3 rings (SSSR count). The summed E-state index contributed by atoms with van der Waals surface area (Å²) in [4.78, 5) is 14.2. The Morgan fingerprint density at radius 2 is 1.91 bits per heavy atom. The van der Waals surface area contributed by atoms with Crippen molar-refractivity contribution < 1.29 is 9.90 Å². The van der Waals surface area contributed by atoms with Crippen LogP contribution in [0, 0.1) is 0 Å². The molecule has 2 N–H and O–H groups in total. The molecule has 0 spiro atoms. The predicted octanol–water partition coefficient (Wildman–Crippen LogP) is 3.16. The fourth-order valence-electron chi connectivity index (χ4n) is 2.95. The van der Waals surface area contributed by atoms with E-state index in [9.17, 15) is 9.90 Å². The minimum Gasteiger partial charge on any atom is -0.378 e. The molecule has 1 fully saturated rings. The van der Waals surface area contributed by atoms with Crippen molar-refractivity contribution in [2.45, 2.75) is 24.9 Å². The first-order chi connectivity index (χ1) is 11.0. The minimum absolute atomic E-state index is 0.314. The monoisotopic (exact) mass is 353 g/mol. The van der Waals surface area contributed by atoms with Gasteiger partial charge in [-0.1, -0.05) is 23.2 Å². The predicted molar refractivity (Wildman–Crippen MR) is 88.6 cm³/mol. The van der Waals surface area contributed by atoms with E-state index in [1.165, 1.54) is 0 Å². The normalized spacial score (nSPS) is 17.3. The lowest BCUT2D eigenvalue weighted by molar-refractivity contribution is -0.141. The van der Waals surface area contributed by atoms with E-state index in [0.717, 1.165) is 18.5 Å². The molecule has 5 nitrogen and oxygen atoms in total. The highest BCUT2D eigenvalue weighted by Crippen LogP contribution is 2.29. The summed E-state index contributed by atoms with van der Waals surface area (Å²) >= 11 is 11.9. The molecule has 1 atom stereocenters. The van der Waals surface area contributed by atoms with Gasteiger partial charge in [0.2, 0.25) is 0 Å². The summed E-state index contributed by atoms with van der Waals surface area (Å²) in [6, 6.07) is 6.66. The van der Waals surface area contributed by atoms with Crippen molar-refractivity contribution in [2.24, 2.45) is 0 Å². The third-order valence-corrected chi connectivity index (χ3v) is 4.64. The molecule has 1 unspecified atom stereocenters. The molecular formula is C16H17Cl2N3O2. The van der Waals surface area contributed by atoms with Gasteiger partial charge in [-0.2, -0.15) is 5.10 Å². The van der Waals surface area contributed by atoms with Gasteiger partial charge in [-0.25, -0.2) is 0 Å². The van der Waals surface area contributed by atoms with Crippen LogP contribution in [0.2, 0.25) is 10.0 Å². The lowest BCUT2D eigenvalue weighted by Crippen LogP contribution is -2.40. The first-order valence-corrected chi connectivity index (χ1v) is 8.22. The summed E-state index contributed by atoms with van der Waals surface area (Å²) in [6.07, 6.45) is 2.18. The Kier molecular flexibility index (Phi) is 4.90. The number of H-pyrrole nitrogens is 1. The van der Waals surface area contributed by atoms with E-state index in [0.29, 0.717) is 34.6 Å². The SMILES string of the molecule is O=C(C(O)c1cc(Cl)cc(Cl)c1)N1CCC(c2ccn[nH]2)CC1. The van der Waals surface area contributed by atoms with E-state index >= 15 is 0 Å². The quantitative estimate of drug-likeness (QED) is 0.890. The Morgan fingerprint density at radius 1 is 1.26 bits per heavy atom. The van der Waals surface area contributed by atoms with Crippen molar-refractivity contribution in [3.8, 4) is 0 Å². The molecule has 0 aliphatic carbocycles. The van der Waals surface area contributed by atoms with E-state index in [-0.39, 0.29) is 5.91 Å². The topological polar surface area (TPSA) is 69.2 Å². The summed E-state index contributed by atoms with van der Waals surface area (Å²) in [7, 11) is 0. The number of rotatable bonds is 3. The van der Waals surface area contributed by atoms with Gasteiger partial charge in [0.25, 0.3) is 5.91 Å². The highest BCUT2D eigenvalue weighted by Gasteiger charge is 2.29. The number of benzene rings is 1. The van der Waals surface area contributed by atoms with Gasteiger partial charge in [0, 0.05) is 40.9 Å². The number of aliphatic hydroxyl groups is 1.